The zero-order valence-electron chi connectivity index (χ0n) is 17.4. The summed E-state index contributed by atoms with van der Waals surface area (Å²) in [5, 5.41) is 2.87. The maximum Gasteiger partial charge on any atom is 0.408 e. The van der Waals surface area contributed by atoms with Gasteiger partial charge >= 0.3 is 6.09 Å². The molecule has 0 radical (unpaired) electrons. The summed E-state index contributed by atoms with van der Waals surface area (Å²) in [6.45, 7) is 8.53. The summed E-state index contributed by atoms with van der Waals surface area (Å²) in [6, 6.07) is 10.5. The van der Waals surface area contributed by atoms with Crippen LogP contribution in [0.25, 0.3) is 0 Å². The van der Waals surface area contributed by atoms with Crippen LogP contribution >= 0.6 is 0 Å². The first-order valence-electron chi connectivity index (χ1n) is 9.62. The van der Waals surface area contributed by atoms with Crippen molar-refractivity contribution < 1.29 is 19.0 Å². The molecule has 1 N–H and O–H groups in total. The van der Waals surface area contributed by atoms with E-state index in [4.69, 9.17) is 14.2 Å². The minimum Gasteiger partial charge on any atom is -0.444 e. The van der Waals surface area contributed by atoms with Gasteiger partial charge in [0.15, 0.2) is 6.29 Å². The molecule has 1 saturated heterocycles. The molecule has 0 aromatic heterocycles. The maximum atomic E-state index is 12.0. The van der Waals surface area contributed by atoms with E-state index < -0.39 is 18.0 Å². The molecule has 6 heteroatoms. The van der Waals surface area contributed by atoms with Gasteiger partial charge in [-0.15, -0.1) is 0 Å². The molecule has 1 aromatic rings. The average molecular weight is 379 g/mol. The van der Waals surface area contributed by atoms with Gasteiger partial charge in [-0.3, -0.25) is 4.90 Å². The molecule has 1 aliphatic heterocycles. The Morgan fingerprint density at radius 1 is 1.30 bits per heavy atom. The summed E-state index contributed by atoms with van der Waals surface area (Å²) >= 11 is 0. The van der Waals surface area contributed by atoms with Crippen molar-refractivity contribution >= 4 is 6.09 Å². The number of carbonyl (C=O) groups excluding carboxylic acids is 1. The fourth-order valence-corrected chi connectivity index (χ4v) is 3.27. The summed E-state index contributed by atoms with van der Waals surface area (Å²) < 4.78 is 16.9. The summed E-state index contributed by atoms with van der Waals surface area (Å²) in [5.74, 6) is 0. The highest BCUT2D eigenvalue weighted by atomic mass is 16.7. The number of rotatable bonds is 6. The Kier molecular flexibility index (Phi) is 7.65. The Morgan fingerprint density at radius 3 is 2.56 bits per heavy atom. The molecule has 0 bridgehead atoms. The lowest BCUT2D eigenvalue weighted by molar-refractivity contribution is -0.197. The number of ether oxygens (including phenoxy) is 3. The van der Waals surface area contributed by atoms with E-state index >= 15 is 0 Å². The molecule has 1 amide bonds. The molecule has 4 atom stereocenters. The second kappa shape index (κ2) is 9.53. The second-order valence-electron chi connectivity index (χ2n) is 8.22. The highest BCUT2D eigenvalue weighted by Crippen LogP contribution is 2.24. The Hall–Kier alpha value is -1.63. The highest BCUT2D eigenvalue weighted by molar-refractivity contribution is 5.68. The molecule has 1 heterocycles. The third kappa shape index (κ3) is 6.79. The van der Waals surface area contributed by atoms with Gasteiger partial charge in [0.2, 0.25) is 0 Å². The predicted octanol–water partition coefficient (Wildman–Crippen LogP) is 3.72. The lowest BCUT2D eigenvalue weighted by Gasteiger charge is -2.38. The Morgan fingerprint density at radius 2 is 1.96 bits per heavy atom. The molecular weight excluding hydrogens is 344 g/mol. The number of hydrogen-bond donors (Lipinski definition) is 1. The minimum absolute atomic E-state index is 0.0581. The number of alkyl carbamates (subject to hydrolysis) is 1. The van der Waals surface area contributed by atoms with Crippen LogP contribution in [0.1, 0.15) is 52.1 Å². The van der Waals surface area contributed by atoms with Gasteiger partial charge in [0.1, 0.15) is 5.60 Å². The molecule has 27 heavy (non-hydrogen) atoms. The first-order chi connectivity index (χ1) is 12.7. The number of benzene rings is 1. The third-order valence-electron chi connectivity index (χ3n) is 4.82. The van der Waals surface area contributed by atoms with Crippen LogP contribution in [0.2, 0.25) is 0 Å². The van der Waals surface area contributed by atoms with Crippen molar-refractivity contribution in [3.63, 3.8) is 0 Å². The van der Waals surface area contributed by atoms with Crippen molar-refractivity contribution in [2.45, 2.75) is 70.6 Å². The van der Waals surface area contributed by atoms with Crippen LogP contribution in [0, 0.1) is 0 Å². The Labute approximate surface area is 163 Å². The quantitative estimate of drug-likeness (QED) is 0.817. The molecule has 1 aromatic carbocycles. The maximum absolute atomic E-state index is 12.0. The van der Waals surface area contributed by atoms with Gasteiger partial charge in [0.25, 0.3) is 0 Å². The molecule has 0 unspecified atom stereocenters. The number of carbonyl (C=O) groups is 1. The number of methoxy groups -OCH3 is 1. The Balaban J connectivity index is 1.87. The molecule has 152 valence electrons. The van der Waals surface area contributed by atoms with Crippen LogP contribution in [0.15, 0.2) is 30.3 Å². The van der Waals surface area contributed by atoms with E-state index in [-0.39, 0.29) is 12.1 Å². The van der Waals surface area contributed by atoms with Gasteiger partial charge in [-0.05, 0) is 53.1 Å². The van der Waals surface area contributed by atoms with Crippen molar-refractivity contribution in [2.75, 3.05) is 20.7 Å². The van der Waals surface area contributed by atoms with Gasteiger partial charge in [-0.1, -0.05) is 30.3 Å². The largest absolute Gasteiger partial charge is 0.444 e. The molecule has 0 saturated carbocycles. The van der Waals surface area contributed by atoms with Crippen molar-refractivity contribution in [1.82, 2.24) is 10.2 Å². The highest BCUT2D eigenvalue weighted by Gasteiger charge is 2.34. The van der Waals surface area contributed by atoms with E-state index in [1.165, 1.54) is 5.56 Å². The lowest BCUT2D eigenvalue weighted by atomic mass is 10.0. The number of nitrogens with zero attached hydrogens (tertiary/aromatic N) is 1. The van der Waals surface area contributed by atoms with Crippen LogP contribution < -0.4 is 5.32 Å². The average Bonchev–Trinajstić information content (AvgIpc) is 2.61. The first-order valence-corrected chi connectivity index (χ1v) is 9.62. The van der Waals surface area contributed by atoms with Gasteiger partial charge in [-0.25, -0.2) is 4.79 Å². The van der Waals surface area contributed by atoms with Gasteiger partial charge < -0.3 is 19.5 Å². The van der Waals surface area contributed by atoms with Gasteiger partial charge in [0, 0.05) is 19.7 Å². The molecular formula is C21H34N2O4. The SMILES string of the molecule is CO[C@@H]1O[C@@H](CN(C)[C@@H](C)c2ccccc2)CC[C@@H]1NC(=O)OC(C)(C)C. The summed E-state index contributed by atoms with van der Waals surface area (Å²) in [7, 11) is 3.71. The van der Waals surface area contributed by atoms with E-state index in [0.29, 0.717) is 6.04 Å². The molecule has 0 aliphatic carbocycles. The first kappa shape index (κ1) is 21.7. The molecule has 2 rings (SSSR count). The summed E-state index contributed by atoms with van der Waals surface area (Å²) in [4.78, 5) is 14.3. The molecule has 6 nitrogen and oxygen atoms in total. The van der Waals surface area contributed by atoms with Crippen molar-refractivity contribution in [2.24, 2.45) is 0 Å². The number of nitrogens with one attached hydrogen (secondary N) is 1. The molecule has 0 spiro atoms. The lowest BCUT2D eigenvalue weighted by Crippen LogP contribution is -2.52. The van der Waals surface area contributed by atoms with Gasteiger partial charge in [0.05, 0.1) is 12.1 Å². The van der Waals surface area contributed by atoms with Gasteiger partial charge in [-0.2, -0.15) is 0 Å². The minimum atomic E-state index is -0.527. The number of amides is 1. The van der Waals surface area contributed by atoms with E-state index in [9.17, 15) is 4.79 Å². The molecule has 1 fully saturated rings. The van der Waals surface area contributed by atoms with Crippen LogP contribution in [-0.2, 0) is 14.2 Å². The fraction of sp³-hybridized carbons (Fsp3) is 0.667. The van der Waals surface area contributed by atoms with Crippen LogP contribution in [0.5, 0.6) is 0 Å². The van der Waals surface area contributed by atoms with E-state index in [1.807, 2.05) is 26.8 Å². The third-order valence-corrected chi connectivity index (χ3v) is 4.82. The van der Waals surface area contributed by atoms with Crippen LogP contribution in [-0.4, -0.2) is 55.7 Å². The van der Waals surface area contributed by atoms with Crippen molar-refractivity contribution in [3.8, 4) is 0 Å². The normalized spacial score (nSPS) is 24.5. The number of likely N-dealkylation sites (N-methyl/N-ethyl adjacent to an activating group) is 1. The standard InChI is InChI=1S/C21H34N2O4/c1-15(16-10-8-7-9-11-16)23(5)14-17-12-13-18(19(25-6)26-17)22-20(24)27-21(2,3)4/h7-11,15,17-19H,12-14H2,1-6H3,(H,22,24)/t15-,17+,18-,19+/m0/s1. The van der Waals surface area contributed by atoms with Crippen LogP contribution in [0.4, 0.5) is 4.79 Å². The van der Waals surface area contributed by atoms with Crippen molar-refractivity contribution in [1.29, 1.82) is 0 Å². The fourth-order valence-electron chi connectivity index (χ4n) is 3.27. The smallest absolute Gasteiger partial charge is 0.408 e. The zero-order valence-corrected chi connectivity index (χ0v) is 17.4. The van der Waals surface area contributed by atoms with Crippen LogP contribution in [0.3, 0.4) is 0 Å². The number of hydrogen-bond acceptors (Lipinski definition) is 5. The van der Waals surface area contributed by atoms with E-state index in [0.717, 1.165) is 19.4 Å². The zero-order chi connectivity index (χ0) is 20.0. The Bertz CT molecular complexity index is 588. The topological polar surface area (TPSA) is 60.0 Å². The predicted molar refractivity (Wildman–Crippen MR) is 106 cm³/mol. The second-order valence-corrected chi connectivity index (χ2v) is 8.22. The molecule has 1 aliphatic rings. The monoisotopic (exact) mass is 378 g/mol. The summed E-state index contributed by atoms with van der Waals surface area (Å²) in [5.41, 5.74) is 0.754. The van der Waals surface area contributed by atoms with E-state index in [2.05, 4.69) is 48.5 Å². The summed E-state index contributed by atoms with van der Waals surface area (Å²) in [6.07, 6.45) is 0.785. The van der Waals surface area contributed by atoms with E-state index in [1.54, 1.807) is 7.11 Å². The van der Waals surface area contributed by atoms with Crippen molar-refractivity contribution in [3.05, 3.63) is 35.9 Å².